The quantitative estimate of drug-likeness (QED) is 0.556. The Kier molecular flexibility index (Phi) is 3.37. The van der Waals surface area contributed by atoms with E-state index in [-0.39, 0.29) is 0 Å². The summed E-state index contributed by atoms with van der Waals surface area (Å²) < 4.78 is 0.636. The van der Waals surface area contributed by atoms with Gasteiger partial charge in [-0.05, 0) is 0 Å². The zero-order chi connectivity index (χ0) is 7.40. The second-order valence-electron chi connectivity index (χ2n) is 2.20. The van der Waals surface area contributed by atoms with Gasteiger partial charge in [0.1, 0.15) is 0 Å². The molecule has 0 aliphatic carbocycles. The van der Waals surface area contributed by atoms with Gasteiger partial charge in [-0.15, -0.1) is 0 Å². The average molecular weight is 214 g/mol. The van der Waals surface area contributed by atoms with Crippen LogP contribution in [-0.2, 0) is 0 Å². The van der Waals surface area contributed by atoms with E-state index in [2.05, 4.69) is 36.9 Å². The predicted octanol–water partition coefficient (Wildman–Crippen LogP) is 1.29. The van der Waals surface area contributed by atoms with Crippen molar-refractivity contribution in [2.45, 2.75) is 4.71 Å². The molecule has 1 aromatic rings. The van der Waals surface area contributed by atoms with Crippen molar-refractivity contribution in [2.24, 2.45) is 0 Å². The number of thiol groups is 1. The summed E-state index contributed by atoms with van der Waals surface area (Å²) >= 11 is 5.98. The summed E-state index contributed by atoms with van der Waals surface area (Å²) in [4.78, 5) is 0. The van der Waals surface area contributed by atoms with Crippen LogP contribution in [0.2, 0.25) is 0 Å². The standard InChI is InChI=1S/C8H11AsS/c9-8(6-10)7-4-2-1-3-5-7/h1-5,8,10H,6,9H2. The Hall–Kier alpha value is 0.128. The number of rotatable bonds is 2. The van der Waals surface area contributed by atoms with E-state index in [9.17, 15) is 0 Å². The molecule has 0 aliphatic heterocycles. The van der Waals surface area contributed by atoms with Gasteiger partial charge in [-0.25, -0.2) is 0 Å². The molecule has 2 unspecified atom stereocenters. The van der Waals surface area contributed by atoms with Crippen molar-refractivity contribution in [1.82, 2.24) is 0 Å². The van der Waals surface area contributed by atoms with E-state index in [0.717, 1.165) is 5.75 Å². The van der Waals surface area contributed by atoms with E-state index in [1.807, 2.05) is 6.07 Å². The minimum atomic E-state index is 0.636. The van der Waals surface area contributed by atoms with Gasteiger partial charge in [0.2, 0.25) is 0 Å². The molecule has 0 saturated carbocycles. The maximum atomic E-state index is 4.24. The number of hydrogen-bond donors (Lipinski definition) is 1. The summed E-state index contributed by atoms with van der Waals surface area (Å²) in [5.41, 5.74) is 1.40. The van der Waals surface area contributed by atoms with Gasteiger partial charge in [-0.2, -0.15) is 0 Å². The van der Waals surface area contributed by atoms with Gasteiger partial charge in [0.25, 0.3) is 0 Å². The molecule has 0 saturated heterocycles. The zero-order valence-electron chi connectivity index (χ0n) is 5.70. The second kappa shape index (κ2) is 4.10. The topological polar surface area (TPSA) is 0 Å². The third-order valence-electron chi connectivity index (χ3n) is 1.42. The molecule has 0 N–H and O–H groups in total. The van der Waals surface area contributed by atoms with Crippen molar-refractivity contribution in [3.63, 3.8) is 0 Å². The van der Waals surface area contributed by atoms with Crippen LogP contribution >= 0.6 is 12.6 Å². The van der Waals surface area contributed by atoms with Crippen LogP contribution in [0.25, 0.3) is 0 Å². The van der Waals surface area contributed by atoms with Gasteiger partial charge in [0.05, 0.1) is 0 Å². The van der Waals surface area contributed by atoms with Crippen molar-refractivity contribution in [3.8, 4) is 0 Å². The van der Waals surface area contributed by atoms with E-state index in [0.29, 0.717) is 4.71 Å². The van der Waals surface area contributed by atoms with Gasteiger partial charge in [0.15, 0.2) is 0 Å². The van der Waals surface area contributed by atoms with Crippen LogP contribution in [0.1, 0.15) is 10.3 Å². The molecule has 0 aromatic heterocycles. The van der Waals surface area contributed by atoms with E-state index in [1.54, 1.807) is 16.9 Å². The molecule has 0 amide bonds. The summed E-state index contributed by atoms with van der Waals surface area (Å²) in [5, 5.41) is 0. The normalized spacial score (nSPS) is 13.0. The van der Waals surface area contributed by atoms with E-state index < -0.39 is 0 Å². The fourth-order valence-corrected chi connectivity index (χ4v) is 1.48. The zero-order valence-corrected chi connectivity index (χ0v) is 9.01. The summed E-state index contributed by atoms with van der Waals surface area (Å²) in [6.45, 7) is 0. The molecule has 0 fully saturated rings. The molecule has 0 heterocycles. The second-order valence-corrected chi connectivity index (χ2v) is 4.25. The first-order valence-electron chi connectivity index (χ1n) is 3.26. The average Bonchev–Trinajstić information content (AvgIpc) is 2.05. The Bertz CT molecular complexity index is 186. The van der Waals surface area contributed by atoms with Crippen LogP contribution in [0.3, 0.4) is 0 Å². The van der Waals surface area contributed by atoms with Crippen molar-refractivity contribution in [2.75, 3.05) is 5.75 Å². The predicted molar refractivity (Wildman–Crippen MR) is 51.6 cm³/mol. The van der Waals surface area contributed by atoms with Crippen LogP contribution in [0.5, 0.6) is 0 Å². The molecule has 10 heavy (non-hydrogen) atoms. The first-order chi connectivity index (χ1) is 4.84. The van der Waals surface area contributed by atoms with Gasteiger partial charge in [-0.1, -0.05) is 0 Å². The number of benzene rings is 1. The molecule has 2 heteroatoms. The van der Waals surface area contributed by atoms with Gasteiger partial charge < -0.3 is 0 Å². The Balaban J connectivity index is 2.75. The third-order valence-corrected chi connectivity index (χ3v) is 3.95. The molecule has 1 aromatic carbocycles. The van der Waals surface area contributed by atoms with Crippen LogP contribution in [0.15, 0.2) is 30.3 Å². The first kappa shape index (κ1) is 8.23. The van der Waals surface area contributed by atoms with E-state index >= 15 is 0 Å². The molecule has 0 bridgehead atoms. The van der Waals surface area contributed by atoms with Crippen molar-refractivity contribution in [1.29, 1.82) is 0 Å². The molecular formula is C8H11AsS. The molecular weight excluding hydrogens is 203 g/mol. The first-order valence-corrected chi connectivity index (χ1v) is 5.29. The van der Waals surface area contributed by atoms with Crippen LogP contribution in [0, 0.1) is 0 Å². The summed E-state index contributed by atoms with van der Waals surface area (Å²) in [5.74, 6) is 0.948. The molecule has 54 valence electrons. The van der Waals surface area contributed by atoms with Crippen LogP contribution in [0.4, 0.5) is 0 Å². The van der Waals surface area contributed by atoms with Gasteiger partial charge in [0, 0.05) is 0 Å². The van der Waals surface area contributed by atoms with Crippen molar-refractivity contribution >= 4 is 29.5 Å². The van der Waals surface area contributed by atoms with Gasteiger partial charge >= 0.3 is 75.8 Å². The molecule has 1 rings (SSSR count). The molecule has 2 atom stereocenters. The maximum absolute atomic E-state index is 4.24. The van der Waals surface area contributed by atoms with Crippen molar-refractivity contribution in [3.05, 3.63) is 35.9 Å². The Morgan fingerprint density at radius 3 is 2.40 bits per heavy atom. The summed E-state index contributed by atoms with van der Waals surface area (Å²) in [6, 6.07) is 10.5. The van der Waals surface area contributed by atoms with Crippen molar-refractivity contribution < 1.29 is 0 Å². The van der Waals surface area contributed by atoms with Gasteiger partial charge in [-0.3, -0.25) is 0 Å². The van der Waals surface area contributed by atoms with Crippen LogP contribution < -0.4 is 0 Å². The van der Waals surface area contributed by atoms with Crippen LogP contribution in [-0.4, -0.2) is 22.6 Å². The third kappa shape index (κ3) is 2.07. The monoisotopic (exact) mass is 214 g/mol. The molecule has 0 nitrogen and oxygen atoms in total. The summed E-state index contributed by atoms with van der Waals surface area (Å²) in [7, 11) is 0. The fourth-order valence-electron chi connectivity index (χ4n) is 0.806. The summed E-state index contributed by atoms with van der Waals surface area (Å²) in [6.07, 6.45) is 0. The molecule has 0 spiro atoms. The Morgan fingerprint density at radius 2 is 1.90 bits per heavy atom. The number of hydrogen-bond acceptors (Lipinski definition) is 1. The SMILES string of the molecule is SCC([AsH2])c1ccccc1. The molecule has 0 aliphatic rings. The van der Waals surface area contributed by atoms with E-state index in [4.69, 9.17) is 0 Å². The van der Waals surface area contributed by atoms with E-state index in [1.165, 1.54) is 5.56 Å². The molecule has 0 radical (unpaired) electrons. The Labute approximate surface area is 75.9 Å². The fraction of sp³-hybridized carbons (Fsp3) is 0.250. The minimum absolute atomic E-state index is 0.636. The Morgan fingerprint density at radius 1 is 1.30 bits per heavy atom.